The Hall–Kier alpha value is -1.89. The molecule has 0 aliphatic rings. The van der Waals surface area contributed by atoms with Crippen LogP contribution in [-0.4, -0.2) is 34.0 Å². The highest BCUT2D eigenvalue weighted by Gasteiger charge is 2.33. The first kappa shape index (κ1) is 30.6. The molecule has 38 heavy (non-hydrogen) atoms. The van der Waals surface area contributed by atoms with Gasteiger partial charge >= 0.3 is 0 Å². The Labute approximate surface area is 249 Å². The van der Waals surface area contributed by atoms with Gasteiger partial charge in [-0.25, -0.2) is 0 Å². The van der Waals surface area contributed by atoms with Crippen molar-refractivity contribution in [2.75, 3.05) is 5.75 Å². The van der Waals surface area contributed by atoms with Gasteiger partial charge in [0.2, 0.25) is 11.8 Å². The summed E-state index contributed by atoms with van der Waals surface area (Å²) < 4.78 is 0. The first-order valence-corrected chi connectivity index (χ1v) is 14.7. The molecule has 1 N–H and O–H groups in total. The lowest BCUT2D eigenvalue weighted by Crippen LogP contribution is -2.54. The van der Waals surface area contributed by atoms with Crippen molar-refractivity contribution in [3.8, 4) is 0 Å². The summed E-state index contributed by atoms with van der Waals surface area (Å²) in [6.07, 6.45) is 0.341. The van der Waals surface area contributed by atoms with Crippen molar-refractivity contribution in [1.29, 1.82) is 0 Å². The summed E-state index contributed by atoms with van der Waals surface area (Å²) in [5, 5.41) is 4.87. The summed E-state index contributed by atoms with van der Waals surface area (Å²) in [5.41, 5.74) is 2.00. The Kier molecular flexibility index (Phi) is 11.3. The monoisotopic (exact) mass is 610 g/mol. The van der Waals surface area contributed by atoms with Gasteiger partial charge < -0.3 is 10.2 Å². The van der Waals surface area contributed by atoms with E-state index in [1.807, 2.05) is 57.2 Å². The van der Waals surface area contributed by atoms with Crippen LogP contribution in [0.3, 0.4) is 0 Å². The summed E-state index contributed by atoms with van der Waals surface area (Å²) in [7, 11) is 0. The summed E-state index contributed by atoms with van der Waals surface area (Å²) in [4.78, 5) is 29.0. The second kappa shape index (κ2) is 14.0. The smallest absolute Gasteiger partial charge is 0.243 e. The Morgan fingerprint density at radius 3 is 2.11 bits per heavy atom. The van der Waals surface area contributed by atoms with Crippen LogP contribution in [0.1, 0.15) is 37.5 Å². The molecule has 1 atom stereocenters. The zero-order valence-electron chi connectivity index (χ0n) is 21.4. The molecule has 0 fully saturated rings. The maximum Gasteiger partial charge on any atom is 0.243 e. The van der Waals surface area contributed by atoms with E-state index in [0.29, 0.717) is 37.8 Å². The minimum atomic E-state index is -0.776. The molecule has 202 valence electrons. The van der Waals surface area contributed by atoms with Crippen LogP contribution in [0.2, 0.25) is 20.1 Å². The zero-order valence-corrected chi connectivity index (χ0v) is 25.3. The first-order chi connectivity index (χ1) is 17.9. The third-order valence-electron chi connectivity index (χ3n) is 5.64. The Balaban J connectivity index is 1.91. The standard InChI is InChI=1S/C29H30Cl4N2O2S/c1-29(2,3)34-28(37)26(15-19-8-5-4-6-9-19)35(16-21-22(30)10-7-11-23(21)31)27(36)18-38-17-20-12-13-24(32)25(33)14-20/h4-14,26H,15-18H2,1-3H3,(H,34,37). The molecule has 9 heteroatoms. The molecule has 4 nitrogen and oxygen atoms in total. The molecule has 0 saturated heterocycles. The molecule has 2 amide bonds. The molecule has 1 unspecified atom stereocenters. The Morgan fingerprint density at radius 2 is 1.50 bits per heavy atom. The van der Waals surface area contributed by atoms with Crippen LogP contribution in [0.5, 0.6) is 0 Å². The van der Waals surface area contributed by atoms with Crippen LogP contribution in [0.15, 0.2) is 66.7 Å². The highest BCUT2D eigenvalue weighted by molar-refractivity contribution is 7.99. The van der Waals surface area contributed by atoms with Crippen LogP contribution in [-0.2, 0) is 28.3 Å². The maximum absolute atomic E-state index is 13.8. The summed E-state index contributed by atoms with van der Waals surface area (Å²) in [6, 6.07) is 19.5. The second-order valence-electron chi connectivity index (χ2n) is 9.91. The van der Waals surface area contributed by atoms with Gasteiger partial charge in [0.15, 0.2) is 0 Å². The number of rotatable bonds is 10. The topological polar surface area (TPSA) is 49.4 Å². The third-order valence-corrected chi connectivity index (χ3v) is 8.07. The average molecular weight is 612 g/mol. The van der Waals surface area contributed by atoms with E-state index in [0.717, 1.165) is 11.1 Å². The largest absolute Gasteiger partial charge is 0.350 e. The molecule has 0 heterocycles. The van der Waals surface area contributed by atoms with Gasteiger partial charge in [-0.05, 0) is 56.2 Å². The quantitative estimate of drug-likeness (QED) is 0.252. The fourth-order valence-electron chi connectivity index (χ4n) is 3.83. The molecule has 3 aromatic rings. The fraction of sp³-hybridized carbons (Fsp3) is 0.310. The normalized spacial score (nSPS) is 12.2. The van der Waals surface area contributed by atoms with Crippen molar-refractivity contribution >= 4 is 70.0 Å². The van der Waals surface area contributed by atoms with Crippen LogP contribution in [0, 0.1) is 0 Å². The van der Waals surface area contributed by atoms with Crippen LogP contribution < -0.4 is 5.32 Å². The van der Waals surface area contributed by atoms with Crippen molar-refractivity contribution < 1.29 is 9.59 Å². The lowest BCUT2D eigenvalue weighted by Gasteiger charge is -2.34. The number of nitrogens with zero attached hydrogens (tertiary/aromatic N) is 1. The van der Waals surface area contributed by atoms with E-state index < -0.39 is 11.6 Å². The van der Waals surface area contributed by atoms with Gasteiger partial charge in [-0.15, -0.1) is 11.8 Å². The number of benzene rings is 3. The number of carbonyl (C=O) groups is 2. The fourth-order valence-corrected chi connectivity index (χ4v) is 5.52. The molecular weight excluding hydrogens is 582 g/mol. The highest BCUT2D eigenvalue weighted by atomic mass is 35.5. The molecule has 3 rings (SSSR count). The van der Waals surface area contributed by atoms with E-state index in [1.54, 1.807) is 35.2 Å². The van der Waals surface area contributed by atoms with E-state index in [-0.39, 0.29) is 24.1 Å². The number of carbonyl (C=O) groups excluding carboxylic acids is 2. The highest BCUT2D eigenvalue weighted by Crippen LogP contribution is 2.29. The van der Waals surface area contributed by atoms with E-state index in [9.17, 15) is 9.59 Å². The first-order valence-electron chi connectivity index (χ1n) is 12.0. The molecule has 0 radical (unpaired) electrons. The molecule has 0 aromatic heterocycles. The van der Waals surface area contributed by atoms with Gasteiger partial charge in [0, 0.05) is 39.9 Å². The minimum absolute atomic E-state index is 0.0970. The zero-order chi connectivity index (χ0) is 27.9. The molecule has 0 aliphatic heterocycles. The molecular formula is C29H30Cl4N2O2S. The minimum Gasteiger partial charge on any atom is -0.350 e. The van der Waals surface area contributed by atoms with Crippen molar-refractivity contribution in [3.63, 3.8) is 0 Å². The Bertz CT molecular complexity index is 1240. The van der Waals surface area contributed by atoms with Gasteiger partial charge in [-0.1, -0.05) is 88.9 Å². The average Bonchev–Trinajstić information content (AvgIpc) is 2.84. The van der Waals surface area contributed by atoms with Gasteiger partial charge in [0.1, 0.15) is 6.04 Å². The van der Waals surface area contributed by atoms with E-state index in [1.165, 1.54) is 11.8 Å². The van der Waals surface area contributed by atoms with Gasteiger partial charge in [-0.2, -0.15) is 0 Å². The number of thioether (sulfide) groups is 1. The Morgan fingerprint density at radius 1 is 0.842 bits per heavy atom. The van der Waals surface area contributed by atoms with Crippen molar-refractivity contribution in [1.82, 2.24) is 10.2 Å². The predicted molar refractivity (Wildman–Crippen MR) is 161 cm³/mol. The van der Waals surface area contributed by atoms with Gasteiger partial charge in [0.05, 0.1) is 15.8 Å². The van der Waals surface area contributed by atoms with Crippen molar-refractivity contribution in [2.45, 2.75) is 51.1 Å². The second-order valence-corrected chi connectivity index (χ2v) is 12.5. The van der Waals surface area contributed by atoms with E-state index in [2.05, 4.69) is 5.32 Å². The lowest BCUT2D eigenvalue weighted by molar-refractivity contribution is -0.140. The van der Waals surface area contributed by atoms with E-state index in [4.69, 9.17) is 46.4 Å². The molecule has 0 spiro atoms. The number of halogens is 4. The maximum atomic E-state index is 13.8. The predicted octanol–water partition coefficient (Wildman–Crippen LogP) is 8.09. The molecule has 0 bridgehead atoms. The number of hydrogen-bond donors (Lipinski definition) is 1. The van der Waals surface area contributed by atoms with Crippen LogP contribution in [0.25, 0.3) is 0 Å². The van der Waals surface area contributed by atoms with E-state index >= 15 is 0 Å². The third kappa shape index (κ3) is 9.10. The number of hydrogen-bond acceptors (Lipinski definition) is 3. The SMILES string of the molecule is CC(C)(C)NC(=O)C(Cc1ccccc1)N(Cc1c(Cl)cccc1Cl)C(=O)CSCc1ccc(Cl)c(Cl)c1. The van der Waals surface area contributed by atoms with Gasteiger partial charge in [0.25, 0.3) is 0 Å². The number of nitrogens with one attached hydrogen (secondary N) is 1. The molecule has 0 aliphatic carbocycles. The van der Waals surface area contributed by atoms with Gasteiger partial charge in [-0.3, -0.25) is 9.59 Å². The molecule has 0 saturated carbocycles. The van der Waals surface area contributed by atoms with Crippen molar-refractivity contribution in [2.24, 2.45) is 0 Å². The lowest BCUT2D eigenvalue weighted by atomic mass is 10.0. The molecule has 3 aromatic carbocycles. The van der Waals surface area contributed by atoms with Crippen LogP contribution >= 0.6 is 58.2 Å². The summed E-state index contributed by atoms with van der Waals surface area (Å²) >= 11 is 26.6. The number of amides is 2. The summed E-state index contributed by atoms with van der Waals surface area (Å²) in [5.74, 6) is 0.264. The van der Waals surface area contributed by atoms with Crippen LogP contribution in [0.4, 0.5) is 0 Å². The van der Waals surface area contributed by atoms with Crippen molar-refractivity contribution in [3.05, 3.63) is 104 Å². The summed E-state index contributed by atoms with van der Waals surface area (Å²) in [6.45, 7) is 5.83.